The monoisotopic (exact) mass is 327 g/mol. The zero-order valence-electron chi connectivity index (χ0n) is 14.1. The zero-order chi connectivity index (χ0) is 17.2. The molecule has 1 aliphatic carbocycles. The summed E-state index contributed by atoms with van der Waals surface area (Å²) >= 11 is 0. The van der Waals surface area contributed by atoms with Crippen molar-refractivity contribution in [1.82, 2.24) is 4.90 Å². The third-order valence-corrected chi connectivity index (χ3v) is 5.43. The molecule has 0 spiro atoms. The third kappa shape index (κ3) is 1.85. The molecule has 0 fully saturated rings. The highest BCUT2D eigenvalue weighted by Crippen LogP contribution is 2.55. The predicted octanol–water partition coefficient (Wildman–Crippen LogP) is 2.87. The summed E-state index contributed by atoms with van der Waals surface area (Å²) in [5.41, 5.74) is 5.27. The van der Waals surface area contributed by atoms with Crippen molar-refractivity contribution in [3.8, 4) is 34.1 Å². The van der Waals surface area contributed by atoms with Gasteiger partial charge in [0, 0.05) is 23.7 Å². The Bertz CT molecular complexity index is 859. The number of phenolic OH excluding ortho intramolecular Hbond substituents is 3. The van der Waals surface area contributed by atoms with Crippen molar-refractivity contribution >= 4 is 0 Å². The largest absolute Gasteiger partial charge is 0.504 e. The van der Waals surface area contributed by atoms with E-state index >= 15 is 0 Å². The average Bonchev–Trinajstić information content (AvgIpc) is 2.56. The molecular weight excluding hydrogens is 306 g/mol. The normalized spacial score (nSPS) is 18.9. The van der Waals surface area contributed by atoms with Crippen LogP contribution >= 0.6 is 0 Å². The molecule has 24 heavy (non-hydrogen) atoms. The quantitative estimate of drug-likeness (QED) is 0.703. The van der Waals surface area contributed by atoms with Crippen molar-refractivity contribution in [2.75, 3.05) is 20.7 Å². The molecule has 2 aliphatic rings. The number of likely N-dealkylation sites (N-methyl/N-ethyl adjacent to an activating group) is 1. The fourth-order valence-electron chi connectivity index (χ4n) is 4.16. The number of hydrogen-bond donors (Lipinski definition) is 3. The van der Waals surface area contributed by atoms with Crippen molar-refractivity contribution in [3.63, 3.8) is 0 Å². The van der Waals surface area contributed by atoms with Gasteiger partial charge < -0.3 is 20.1 Å². The summed E-state index contributed by atoms with van der Waals surface area (Å²) in [6.07, 6.45) is 1.49. The summed E-state index contributed by atoms with van der Waals surface area (Å²) in [4.78, 5) is 2.25. The van der Waals surface area contributed by atoms with E-state index in [1.54, 1.807) is 20.1 Å². The number of aromatic hydroxyl groups is 3. The Morgan fingerprint density at radius 2 is 1.92 bits per heavy atom. The summed E-state index contributed by atoms with van der Waals surface area (Å²) in [5.74, 6) is 0.406. The van der Waals surface area contributed by atoms with E-state index in [0.29, 0.717) is 23.3 Å². The van der Waals surface area contributed by atoms with Gasteiger partial charge in [-0.05, 0) is 61.2 Å². The van der Waals surface area contributed by atoms with Crippen LogP contribution in [0.5, 0.6) is 23.0 Å². The van der Waals surface area contributed by atoms with Crippen molar-refractivity contribution in [3.05, 3.63) is 34.4 Å². The lowest BCUT2D eigenvalue weighted by atomic mass is 9.75. The first-order valence-electron chi connectivity index (χ1n) is 8.11. The van der Waals surface area contributed by atoms with E-state index in [2.05, 4.69) is 11.9 Å². The second kappa shape index (κ2) is 5.05. The first-order valence-corrected chi connectivity index (χ1v) is 8.11. The predicted molar refractivity (Wildman–Crippen MR) is 90.9 cm³/mol. The van der Waals surface area contributed by atoms with E-state index in [-0.39, 0.29) is 23.3 Å². The number of methoxy groups -OCH3 is 1. The smallest absolute Gasteiger partial charge is 0.168 e. The van der Waals surface area contributed by atoms with Gasteiger partial charge in [-0.25, -0.2) is 0 Å². The van der Waals surface area contributed by atoms with Crippen LogP contribution in [0.3, 0.4) is 0 Å². The summed E-state index contributed by atoms with van der Waals surface area (Å²) in [7, 11) is 3.60. The Morgan fingerprint density at radius 1 is 1.17 bits per heavy atom. The van der Waals surface area contributed by atoms with Gasteiger partial charge in [0.15, 0.2) is 23.0 Å². The van der Waals surface area contributed by atoms with Crippen molar-refractivity contribution in [2.24, 2.45) is 0 Å². The van der Waals surface area contributed by atoms with Crippen LogP contribution in [-0.4, -0.2) is 40.9 Å². The van der Waals surface area contributed by atoms with Crippen LogP contribution in [-0.2, 0) is 12.8 Å². The zero-order valence-corrected chi connectivity index (χ0v) is 14.1. The Balaban J connectivity index is 2.13. The van der Waals surface area contributed by atoms with Crippen LogP contribution in [0.15, 0.2) is 12.1 Å². The van der Waals surface area contributed by atoms with Gasteiger partial charge in [-0.1, -0.05) is 0 Å². The van der Waals surface area contributed by atoms with Crippen molar-refractivity contribution < 1.29 is 20.1 Å². The molecule has 5 nitrogen and oxygen atoms in total. The molecule has 0 saturated heterocycles. The SMILES string of the molecule is COc1c(O)cc2c3c1-c1cc(C)c(O)c(O)c1CC3N(C)CC2. The third-order valence-electron chi connectivity index (χ3n) is 5.43. The number of ether oxygens (including phenoxy) is 1. The molecule has 2 aromatic rings. The van der Waals surface area contributed by atoms with Crippen LogP contribution in [0.2, 0.25) is 0 Å². The van der Waals surface area contributed by atoms with Gasteiger partial charge in [-0.2, -0.15) is 0 Å². The number of fused-ring (bicyclic) bond motifs is 2. The summed E-state index contributed by atoms with van der Waals surface area (Å²) < 4.78 is 5.50. The molecule has 1 aliphatic heterocycles. The lowest BCUT2D eigenvalue weighted by Gasteiger charge is -2.40. The molecule has 0 saturated carbocycles. The number of phenols is 3. The Hall–Kier alpha value is -2.40. The van der Waals surface area contributed by atoms with E-state index in [0.717, 1.165) is 35.2 Å². The van der Waals surface area contributed by atoms with E-state index in [9.17, 15) is 15.3 Å². The van der Waals surface area contributed by atoms with Gasteiger partial charge in [-0.15, -0.1) is 0 Å². The summed E-state index contributed by atoms with van der Waals surface area (Å²) in [5, 5.41) is 31.1. The van der Waals surface area contributed by atoms with E-state index in [1.165, 1.54) is 0 Å². The molecule has 126 valence electrons. The Kier molecular flexibility index (Phi) is 3.18. The fourth-order valence-corrected chi connectivity index (χ4v) is 4.16. The van der Waals surface area contributed by atoms with Gasteiger partial charge in [0.05, 0.1) is 7.11 Å². The second-order valence-electron chi connectivity index (χ2n) is 6.74. The van der Waals surface area contributed by atoms with E-state index < -0.39 is 0 Å². The molecule has 0 radical (unpaired) electrons. The molecule has 0 aromatic heterocycles. The first kappa shape index (κ1) is 15.1. The Morgan fingerprint density at radius 3 is 2.62 bits per heavy atom. The minimum absolute atomic E-state index is 0.0680. The van der Waals surface area contributed by atoms with Gasteiger partial charge >= 0.3 is 0 Å². The number of benzene rings is 2. The highest BCUT2D eigenvalue weighted by atomic mass is 16.5. The highest BCUT2D eigenvalue weighted by Gasteiger charge is 2.37. The minimum Gasteiger partial charge on any atom is -0.504 e. The molecule has 4 rings (SSSR count). The number of rotatable bonds is 1. The lowest BCUT2D eigenvalue weighted by Crippen LogP contribution is -2.35. The summed E-state index contributed by atoms with van der Waals surface area (Å²) in [6, 6.07) is 3.77. The van der Waals surface area contributed by atoms with Gasteiger partial charge in [-0.3, -0.25) is 4.90 Å². The molecule has 3 N–H and O–H groups in total. The molecule has 0 bridgehead atoms. The van der Waals surface area contributed by atoms with Crippen LogP contribution < -0.4 is 4.74 Å². The van der Waals surface area contributed by atoms with Gasteiger partial charge in [0.2, 0.25) is 0 Å². The van der Waals surface area contributed by atoms with E-state index in [1.807, 2.05) is 6.07 Å². The molecule has 1 atom stereocenters. The van der Waals surface area contributed by atoms with Crippen LogP contribution in [0.25, 0.3) is 11.1 Å². The molecule has 0 amide bonds. The highest BCUT2D eigenvalue weighted by molar-refractivity contribution is 5.86. The van der Waals surface area contributed by atoms with E-state index in [4.69, 9.17) is 4.74 Å². The van der Waals surface area contributed by atoms with Crippen molar-refractivity contribution in [2.45, 2.75) is 25.8 Å². The molecule has 5 heteroatoms. The molecular formula is C19H21NO4. The second-order valence-corrected chi connectivity index (χ2v) is 6.74. The van der Waals surface area contributed by atoms with Crippen LogP contribution in [0, 0.1) is 6.92 Å². The molecule has 1 heterocycles. The first-order chi connectivity index (χ1) is 11.4. The van der Waals surface area contributed by atoms with Crippen LogP contribution in [0.4, 0.5) is 0 Å². The standard InChI is InChI=1S/C19H21NO4/c1-9-6-11-12(18(23)17(9)22)8-13-15-10(4-5-20(13)2)7-14(21)19(24-3)16(11)15/h6-7,13,21-23H,4-5,8H2,1-3H3. The molecule has 2 aromatic carbocycles. The van der Waals surface area contributed by atoms with Crippen molar-refractivity contribution in [1.29, 1.82) is 0 Å². The minimum atomic E-state index is -0.0741. The lowest BCUT2D eigenvalue weighted by molar-refractivity contribution is 0.225. The maximum absolute atomic E-state index is 10.5. The number of nitrogens with zero attached hydrogens (tertiary/aromatic N) is 1. The number of aryl methyl sites for hydroxylation is 1. The average molecular weight is 327 g/mol. The molecule has 1 unspecified atom stereocenters. The Labute approximate surface area is 140 Å². The van der Waals surface area contributed by atoms with Gasteiger partial charge in [0.25, 0.3) is 0 Å². The van der Waals surface area contributed by atoms with Gasteiger partial charge in [0.1, 0.15) is 0 Å². The fraction of sp³-hybridized carbons (Fsp3) is 0.368. The number of hydrogen-bond acceptors (Lipinski definition) is 5. The summed E-state index contributed by atoms with van der Waals surface area (Å²) in [6.45, 7) is 2.64. The maximum Gasteiger partial charge on any atom is 0.168 e. The van der Waals surface area contributed by atoms with Crippen LogP contribution in [0.1, 0.15) is 28.3 Å². The topological polar surface area (TPSA) is 73.2 Å². The maximum atomic E-state index is 10.5.